The van der Waals surface area contributed by atoms with Crippen LogP contribution in [0.1, 0.15) is 30.0 Å². The van der Waals surface area contributed by atoms with Crippen LogP contribution in [0.2, 0.25) is 0 Å². The smallest absolute Gasteiger partial charge is 0.310 e. The van der Waals surface area contributed by atoms with E-state index in [2.05, 4.69) is 5.32 Å². The van der Waals surface area contributed by atoms with Gasteiger partial charge in [-0.2, -0.15) is 13.2 Å². The van der Waals surface area contributed by atoms with Crippen molar-refractivity contribution in [3.8, 4) is 11.1 Å². The molecule has 6 heteroatoms. The third kappa shape index (κ3) is 3.67. The van der Waals surface area contributed by atoms with Gasteiger partial charge < -0.3 is 5.32 Å². The highest BCUT2D eigenvalue weighted by atomic mass is 35.5. The molecule has 3 rings (SSSR count). The minimum absolute atomic E-state index is 0. The molecule has 1 heterocycles. The second-order valence-electron chi connectivity index (χ2n) is 5.44. The van der Waals surface area contributed by atoms with E-state index in [1.54, 1.807) is 12.1 Å². The Bertz CT molecular complexity index is 661. The van der Waals surface area contributed by atoms with Gasteiger partial charge in [0.25, 0.3) is 0 Å². The van der Waals surface area contributed by atoms with Crippen molar-refractivity contribution in [2.75, 3.05) is 6.54 Å². The van der Waals surface area contributed by atoms with E-state index in [4.69, 9.17) is 0 Å². The summed E-state index contributed by atoms with van der Waals surface area (Å²) in [5.41, 5.74) is 0.270. The molecule has 1 nitrogen and oxygen atoms in total. The SMILES string of the molecule is Cl.Fc1c(-c2ccc(C3CCCN3)cc2)cccc1C(F)(F)F. The number of hydrogen-bond donors (Lipinski definition) is 1. The van der Waals surface area contributed by atoms with Crippen LogP contribution in [0.4, 0.5) is 17.6 Å². The lowest BCUT2D eigenvalue weighted by Gasteiger charge is -2.13. The second-order valence-corrected chi connectivity index (χ2v) is 5.44. The Morgan fingerprint density at radius 1 is 1.00 bits per heavy atom. The van der Waals surface area contributed by atoms with Gasteiger partial charge in [-0.1, -0.05) is 36.4 Å². The van der Waals surface area contributed by atoms with Crippen LogP contribution in [0.3, 0.4) is 0 Å². The number of benzene rings is 2. The van der Waals surface area contributed by atoms with Gasteiger partial charge in [-0.05, 0) is 36.6 Å². The highest BCUT2D eigenvalue weighted by Gasteiger charge is 2.34. The van der Waals surface area contributed by atoms with E-state index in [9.17, 15) is 17.6 Å². The topological polar surface area (TPSA) is 12.0 Å². The summed E-state index contributed by atoms with van der Waals surface area (Å²) in [6, 6.07) is 10.7. The summed E-state index contributed by atoms with van der Waals surface area (Å²) >= 11 is 0. The average molecular weight is 346 g/mol. The summed E-state index contributed by atoms with van der Waals surface area (Å²) in [4.78, 5) is 0. The monoisotopic (exact) mass is 345 g/mol. The van der Waals surface area contributed by atoms with E-state index in [-0.39, 0.29) is 24.0 Å². The first-order chi connectivity index (χ1) is 10.5. The molecular formula is C17H16ClF4N. The standard InChI is InChI=1S/C17H15F4N.ClH/c18-16-13(3-1-4-14(16)17(19,20)21)11-6-8-12(9-7-11)15-5-2-10-22-15;/h1,3-4,6-9,15,22H,2,5,10H2;1H. The first-order valence-electron chi connectivity index (χ1n) is 7.16. The Hall–Kier alpha value is -1.59. The van der Waals surface area contributed by atoms with E-state index >= 15 is 0 Å². The van der Waals surface area contributed by atoms with Crippen molar-refractivity contribution in [3.63, 3.8) is 0 Å². The van der Waals surface area contributed by atoms with Crippen LogP contribution in [0.25, 0.3) is 11.1 Å². The summed E-state index contributed by atoms with van der Waals surface area (Å²) in [5.74, 6) is -1.22. The van der Waals surface area contributed by atoms with E-state index in [0.29, 0.717) is 5.56 Å². The number of hydrogen-bond acceptors (Lipinski definition) is 1. The quantitative estimate of drug-likeness (QED) is 0.723. The molecule has 124 valence electrons. The molecule has 1 unspecified atom stereocenters. The van der Waals surface area contributed by atoms with Crippen molar-refractivity contribution in [2.45, 2.75) is 25.1 Å². The molecule has 0 radical (unpaired) electrons. The van der Waals surface area contributed by atoms with Gasteiger partial charge in [0, 0.05) is 11.6 Å². The molecule has 1 fully saturated rings. The van der Waals surface area contributed by atoms with Crippen molar-refractivity contribution in [3.05, 3.63) is 59.4 Å². The molecule has 0 aromatic heterocycles. The van der Waals surface area contributed by atoms with Gasteiger partial charge in [-0.3, -0.25) is 0 Å². The van der Waals surface area contributed by atoms with Gasteiger partial charge in [-0.25, -0.2) is 4.39 Å². The molecule has 0 bridgehead atoms. The van der Waals surface area contributed by atoms with Crippen LogP contribution in [0, 0.1) is 5.82 Å². The molecule has 1 atom stereocenters. The largest absolute Gasteiger partial charge is 0.419 e. The zero-order valence-electron chi connectivity index (χ0n) is 12.2. The van der Waals surface area contributed by atoms with Crippen LogP contribution in [-0.4, -0.2) is 6.54 Å². The summed E-state index contributed by atoms with van der Waals surface area (Å²) in [6.45, 7) is 0.967. The van der Waals surface area contributed by atoms with Crippen molar-refractivity contribution in [2.24, 2.45) is 0 Å². The van der Waals surface area contributed by atoms with Gasteiger partial charge in [0.2, 0.25) is 0 Å². The molecule has 0 amide bonds. The van der Waals surface area contributed by atoms with E-state index in [1.165, 1.54) is 12.1 Å². The molecule has 2 aromatic carbocycles. The Labute approximate surface area is 138 Å². The molecule has 1 N–H and O–H groups in total. The van der Waals surface area contributed by atoms with E-state index in [0.717, 1.165) is 31.0 Å². The molecule has 1 aliphatic rings. The average Bonchev–Trinajstić information content (AvgIpc) is 3.01. The van der Waals surface area contributed by atoms with Crippen molar-refractivity contribution >= 4 is 12.4 Å². The summed E-state index contributed by atoms with van der Waals surface area (Å²) in [7, 11) is 0. The molecular weight excluding hydrogens is 330 g/mol. The first kappa shape index (κ1) is 17.8. The predicted molar refractivity (Wildman–Crippen MR) is 84.1 cm³/mol. The van der Waals surface area contributed by atoms with E-state index in [1.807, 2.05) is 12.1 Å². The van der Waals surface area contributed by atoms with Crippen molar-refractivity contribution < 1.29 is 17.6 Å². The Balaban J connectivity index is 0.00000192. The lowest BCUT2D eigenvalue weighted by Crippen LogP contribution is -2.12. The lowest BCUT2D eigenvalue weighted by molar-refractivity contribution is -0.139. The maximum absolute atomic E-state index is 14.1. The zero-order valence-corrected chi connectivity index (χ0v) is 13.0. The van der Waals surface area contributed by atoms with Crippen molar-refractivity contribution in [1.29, 1.82) is 0 Å². The normalized spacial score (nSPS) is 17.8. The molecule has 0 spiro atoms. The second kappa shape index (κ2) is 6.89. The summed E-state index contributed by atoms with van der Waals surface area (Å²) in [5, 5.41) is 3.35. The van der Waals surface area contributed by atoms with Crippen LogP contribution >= 0.6 is 12.4 Å². The molecule has 0 saturated carbocycles. The third-order valence-corrected chi connectivity index (χ3v) is 3.99. The Kier molecular flexibility index (Phi) is 5.32. The third-order valence-electron chi connectivity index (χ3n) is 3.99. The van der Waals surface area contributed by atoms with E-state index < -0.39 is 17.6 Å². The predicted octanol–water partition coefficient (Wildman–Crippen LogP) is 5.36. The highest BCUT2D eigenvalue weighted by Crippen LogP contribution is 2.36. The molecule has 1 saturated heterocycles. The fraction of sp³-hybridized carbons (Fsp3) is 0.294. The minimum atomic E-state index is -4.69. The molecule has 2 aromatic rings. The zero-order chi connectivity index (χ0) is 15.7. The van der Waals surface area contributed by atoms with Gasteiger partial charge in [0.05, 0.1) is 5.56 Å². The molecule has 1 aliphatic heterocycles. The first-order valence-corrected chi connectivity index (χ1v) is 7.16. The lowest BCUT2D eigenvalue weighted by atomic mass is 9.98. The fourth-order valence-corrected chi connectivity index (χ4v) is 2.84. The number of rotatable bonds is 2. The summed E-state index contributed by atoms with van der Waals surface area (Å²) < 4.78 is 52.4. The molecule has 0 aliphatic carbocycles. The van der Waals surface area contributed by atoms with Crippen LogP contribution in [-0.2, 0) is 6.18 Å². The Morgan fingerprint density at radius 2 is 1.70 bits per heavy atom. The van der Waals surface area contributed by atoms with Crippen LogP contribution in [0.5, 0.6) is 0 Å². The maximum Gasteiger partial charge on any atom is 0.419 e. The van der Waals surface area contributed by atoms with Gasteiger partial charge >= 0.3 is 6.18 Å². The maximum atomic E-state index is 14.1. The van der Waals surface area contributed by atoms with Crippen LogP contribution in [0.15, 0.2) is 42.5 Å². The number of halogens is 5. The van der Waals surface area contributed by atoms with Gasteiger partial charge in [0.1, 0.15) is 5.82 Å². The highest BCUT2D eigenvalue weighted by molar-refractivity contribution is 5.85. The van der Waals surface area contributed by atoms with Crippen LogP contribution < -0.4 is 5.32 Å². The Morgan fingerprint density at radius 3 is 2.26 bits per heavy atom. The van der Waals surface area contributed by atoms with Gasteiger partial charge in [0.15, 0.2) is 0 Å². The van der Waals surface area contributed by atoms with Crippen molar-refractivity contribution in [1.82, 2.24) is 5.32 Å². The molecule has 23 heavy (non-hydrogen) atoms. The summed E-state index contributed by atoms with van der Waals surface area (Å²) in [6.07, 6.45) is -2.54. The van der Waals surface area contributed by atoms with Gasteiger partial charge in [-0.15, -0.1) is 12.4 Å². The number of nitrogens with one attached hydrogen (secondary N) is 1. The fourth-order valence-electron chi connectivity index (χ4n) is 2.84. The number of alkyl halides is 3. The minimum Gasteiger partial charge on any atom is -0.310 e.